The van der Waals surface area contributed by atoms with Crippen molar-refractivity contribution >= 4 is 5.69 Å². The largest absolute Gasteiger partial charge is 0.371 e. The van der Waals surface area contributed by atoms with Crippen LogP contribution >= 0.6 is 0 Å². The summed E-state index contributed by atoms with van der Waals surface area (Å²) in [5.74, 6) is 0.757. The van der Waals surface area contributed by atoms with Gasteiger partial charge in [0.05, 0.1) is 0 Å². The van der Waals surface area contributed by atoms with Crippen molar-refractivity contribution in [3.63, 3.8) is 0 Å². The van der Waals surface area contributed by atoms with Gasteiger partial charge in [0.1, 0.15) is 0 Å². The number of aryl methyl sites for hydroxylation is 1. The van der Waals surface area contributed by atoms with Crippen LogP contribution < -0.4 is 10.2 Å². The fourth-order valence-electron chi connectivity index (χ4n) is 2.87. The highest BCUT2D eigenvalue weighted by atomic mass is 15.1. The van der Waals surface area contributed by atoms with E-state index in [1.165, 1.54) is 25.1 Å². The van der Waals surface area contributed by atoms with Gasteiger partial charge in [-0.2, -0.15) is 0 Å². The number of pyridine rings is 1. The highest BCUT2D eigenvalue weighted by Gasteiger charge is 2.24. The Kier molecular flexibility index (Phi) is 4.59. The minimum atomic E-state index is 0.612. The van der Waals surface area contributed by atoms with Crippen LogP contribution in [-0.4, -0.2) is 30.7 Å². The second-order valence-corrected chi connectivity index (χ2v) is 5.35. The van der Waals surface area contributed by atoms with E-state index in [1.54, 1.807) is 0 Å². The zero-order valence-corrected chi connectivity index (χ0v) is 11.8. The summed E-state index contributed by atoms with van der Waals surface area (Å²) in [5, 5.41) is 3.56. The molecule has 1 N–H and O–H groups in total. The number of hydrogen-bond donors (Lipinski definition) is 1. The predicted molar refractivity (Wildman–Crippen MR) is 77.0 cm³/mol. The van der Waals surface area contributed by atoms with Crippen LogP contribution in [0.15, 0.2) is 18.3 Å². The molecule has 0 aromatic carbocycles. The Morgan fingerprint density at radius 2 is 2.39 bits per heavy atom. The molecule has 2 unspecified atom stereocenters. The molecule has 1 aromatic rings. The molecule has 1 aromatic heterocycles. The zero-order chi connectivity index (χ0) is 13.0. The van der Waals surface area contributed by atoms with Gasteiger partial charge < -0.3 is 10.2 Å². The Morgan fingerprint density at radius 3 is 3.11 bits per heavy atom. The van der Waals surface area contributed by atoms with Crippen molar-refractivity contribution in [3.05, 3.63) is 24.0 Å². The van der Waals surface area contributed by atoms with Crippen molar-refractivity contribution in [2.45, 2.75) is 39.7 Å². The van der Waals surface area contributed by atoms with E-state index < -0.39 is 0 Å². The molecule has 18 heavy (non-hydrogen) atoms. The molecule has 3 heteroatoms. The molecule has 3 nitrogen and oxygen atoms in total. The molecule has 1 fully saturated rings. The van der Waals surface area contributed by atoms with Crippen molar-refractivity contribution in [2.24, 2.45) is 5.92 Å². The van der Waals surface area contributed by atoms with Crippen LogP contribution in [0.3, 0.4) is 0 Å². The standard InChI is InChI=1S/C15H25N3/c1-4-16-13(3)14-6-5-9-18(11-14)15-7-8-17-12(2)10-15/h7-8,10,13-14,16H,4-6,9,11H2,1-3H3. The van der Waals surface area contributed by atoms with Gasteiger partial charge in [0.25, 0.3) is 0 Å². The highest BCUT2D eigenvalue weighted by Crippen LogP contribution is 2.25. The van der Waals surface area contributed by atoms with Crippen LogP contribution in [0.25, 0.3) is 0 Å². The van der Waals surface area contributed by atoms with Crippen LogP contribution in [-0.2, 0) is 0 Å². The van der Waals surface area contributed by atoms with Gasteiger partial charge >= 0.3 is 0 Å². The van der Waals surface area contributed by atoms with E-state index in [9.17, 15) is 0 Å². The Morgan fingerprint density at radius 1 is 1.56 bits per heavy atom. The van der Waals surface area contributed by atoms with E-state index in [4.69, 9.17) is 0 Å². The van der Waals surface area contributed by atoms with Gasteiger partial charge in [-0.1, -0.05) is 6.92 Å². The summed E-state index contributed by atoms with van der Waals surface area (Å²) in [6.45, 7) is 9.97. The van der Waals surface area contributed by atoms with Crippen LogP contribution in [0.5, 0.6) is 0 Å². The number of aromatic nitrogens is 1. The summed E-state index contributed by atoms with van der Waals surface area (Å²) in [7, 11) is 0. The number of nitrogens with zero attached hydrogens (tertiary/aromatic N) is 2. The van der Waals surface area contributed by atoms with Crippen molar-refractivity contribution in [1.29, 1.82) is 0 Å². The summed E-state index contributed by atoms with van der Waals surface area (Å²) in [6, 6.07) is 4.94. The maximum absolute atomic E-state index is 4.28. The first-order valence-corrected chi connectivity index (χ1v) is 7.11. The lowest BCUT2D eigenvalue weighted by molar-refractivity contribution is 0.324. The quantitative estimate of drug-likeness (QED) is 0.886. The minimum Gasteiger partial charge on any atom is -0.371 e. The second-order valence-electron chi connectivity index (χ2n) is 5.35. The fourth-order valence-corrected chi connectivity index (χ4v) is 2.87. The lowest BCUT2D eigenvalue weighted by atomic mass is 9.91. The average Bonchev–Trinajstić information content (AvgIpc) is 2.39. The number of piperidine rings is 1. The van der Waals surface area contributed by atoms with E-state index in [-0.39, 0.29) is 0 Å². The molecule has 2 atom stereocenters. The van der Waals surface area contributed by atoms with Crippen LogP contribution in [0.4, 0.5) is 5.69 Å². The summed E-state index contributed by atoms with van der Waals surface area (Å²) >= 11 is 0. The molecule has 1 saturated heterocycles. The van der Waals surface area contributed by atoms with Gasteiger partial charge in [-0.3, -0.25) is 4.98 Å². The van der Waals surface area contributed by atoms with E-state index in [0.717, 1.165) is 24.7 Å². The van der Waals surface area contributed by atoms with Crippen LogP contribution in [0.1, 0.15) is 32.4 Å². The maximum Gasteiger partial charge on any atom is 0.0399 e. The molecule has 0 saturated carbocycles. The van der Waals surface area contributed by atoms with Crippen molar-refractivity contribution in [2.75, 3.05) is 24.5 Å². The molecule has 0 radical (unpaired) electrons. The lowest BCUT2D eigenvalue weighted by Gasteiger charge is -2.37. The summed E-state index contributed by atoms with van der Waals surface area (Å²) in [5.41, 5.74) is 2.44. The molecule has 0 aliphatic carbocycles. The zero-order valence-electron chi connectivity index (χ0n) is 11.8. The first kappa shape index (κ1) is 13.3. The fraction of sp³-hybridized carbons (Fsp3) is 0.667. The monoisotopic (exact) mass is 247 g/mol. The Balaban J connectivity index is 2.02. The molecule has 0 spiro atoms. The molecular weight excluding hydrogens is 222 g/mol. The van der Waals surface area contributed by atoms with Gasteiger partial charge in [-0.05, 0) is 51.3 Å². The smallest absolute Gasteiger partial charge is 0.0399 e. The Labute approximate surface area is 111 Å². The SMILES string of the molecule is CCNC(C)C1CCCN(c2ccnc(C)c2)C1. The first-order chi connectivity index (χ1) is 8.70. The minimum absolute atomic E-state index is 0.612. The third-order valence-electron chi connectivity index (χ3n) is 3.94. The van der Waals surface area contributed by atoms with E-state index in [0.29, 0.717) is 6.04 Å². The van der Waals surface area contributed by atoms with Crippen LogP contribution in [0.2, 0.25) is 0 Å². The average molecular weight is 247 g/mol. The first-order valence-electron chi connectivity index (χ1n) is 7.11. The summed E-state index contributed by atoms with van der Waals surface area (Å²) in [4.78, 5) is 6.79. The number of hydrogen-bond acceptors (Lipinski definition) is 3. The van der Waals surface area contributed by atoms with E-state index in [1.807, 2.05) is 6.20 Å². The van der Waals surface area contributed by atoms with Gasteiger partial charge in [0.15, 0.2) is 0 Å². The normalized spacial score (nSPS) is 21.9. The van der Waals surface area contributed by atoms with Crippen molar-refractivity contribution < 1.29 is 0 Å². The number of rotatable bonds is 4. The molecule has 0 amide bonds. The Bertz CT molecular complexity index is 378. The lowest BCUT2D eigenvalue weighted by Crippen LogP contribution is -2.44. The number of nitrogens with one attached hydrogen (secondary N) is 1. The van der Waals surface area contributed by atoms with Gasteiger partial charge in [-0.25, -0.2) is 0 Å². The van der Waals surface area contributed by atoms with E-state index >= 15 is 0 Å². The Hall–Kier alpha value is -1.09. The third-order valence-corrected chi connectivity index (χ3v) is 3.94. The molecule has 2 heterocycles. The van der Waals surface area contributed by atoms with Crippen LogP contribution in [0, 0.1) is 12.8 Å². The van der Waals surface area contributed by atoms with Gasteiger partial charge in [0, 0.05) is 36.7 Å². The maximum atomic E-state index is 4.28. The molecule has 0 bridgehead atoms. The highest BCUT2D eigenvalue weighted by molar-refractivity contribution is 5.46. The molecule has 100 valence electrons. The van der Waals surface area contributed by atoms with Crippen molar-refractivity contribution in [3.8, 4) is 0 Å². The second kappa shape index (κ2) is 6.19. The molecule has 1 aliphatic heterocycles. The van der Waals surface area contributed by atoms with Gasteiger partial charge in [0.2, 0.25) is 0 Å². The number of anilines is 1. The summed E-state index contributed by atoms with van der Waals surface area (Å²) in [6.07, 6.45) is 4.55. The molecule has 2 rings (SSSR count). The molecular formula is C15H25N3. The van der Waals surface area contributed by atoms with Gasteiger partial charge in [-0.15, -0.1) is 0 Å². The van der Waals surface area contributed by atoms with Crippen molar-refractivity contribution in [1.82, 2.24) is 10.3 Å². The third kappa shape index (κ3) is 3.22. The van der Waals surface area contributed by atoms with E-state index in [2.05, 4.69) is 48.1 Å². The topological polar surface area (TPSA) is 28.2 Å². The molecule has 1 aliphatic rings. The summed E-state index contributed by atoms with van der Waals surface area (Å²) < 4.78 is 0. The predicted octanol–water partition coefficient (Wildman–Crippen LogP) is 2.60.